The monoisotopic (exact) mass is 348 g/mol. The maximum absolute atomic E-state index is 12.1. The molecule has 1 heterocycles. The van der Waals surface area contributed by atoms with Crippen LogP contribution in [0.15, 0.2) is 30.6 Å². The Morgan fingerprint density at radius 3 is 2.79 bits per heavy atom. The van der Waals surface area contributed by atoms with Crippen molar-refractivity contribution < 1.29 is 9.53 Å². The van der Waals surface area contributed by atoms with Gasteiger partial charge in [0.15, 0.2) is 0 Å². The first kappa shape index (κ1) is 18.0. The van der Waals surface area contributed by atoms with Crippen LogP contribution in [0.4, 0.5) is 11.5 Å². The number of rotatable bonds is 7. The van der Waals surface area contributed by atoms with Gasteiger partial charge in [0, 0.05) is 17.6 Å². The summed E-state index contributed by atoms with van der Waals surface area (Å²) in [6.45, 7) is 4.83. The summed E-state index contributed by atoms with van der Waals surface area (Å²) < 4.78 is 5.28. The Morgan fingerprint density at radius 2 is 2.08 bits per heavy atom. The maximum Gasteiger partial charge on any atom is 0.270 e. The number of halogens is 1. The summed E-state index contributed by atoms with van der Waals surface area (Å²) in [7, 11) is 1.57. The summed E-state index contributed by atoms with van der Waals surface area (Å²) in [6, 6.07) is 6.81. The van der Waals surface area contributed by atoms with E-state index >= 15 is 0 Å². The molecular formula is C17H21ClN4O2. The van der Waals surface area contributed by atoms with E-state index in [-0.39, 0.29) is 5.91 Å². The molecule has 2 N–H and O–H groups in total. The lowest BCUT2D eigenvalue weighted by Crippen LogP contribution is -2.26. The first-order valence-electron chi connectivity index (χ1n) is 7.70. The molecule has 24 heavy (non-hydrogen) atoms. The standard InChI is InChI=1S/C17H21ClN4O2/c1-11(2)6-7-19-17(23)14-9-16(21-10-20-14)22-13-8-12(18)4-5-15(13)24-3/h4-5,8-11H,6-7H2,1-3H3,(H,19,23)(H,20,21,22). The molecule has 0 saturated heterocycles. The van der Waals surface area contributed by atoms with Crippen molar-refractivity contribution in [1.82, 2.24) is 15.3 Å². The largest absolute Gasteiger partial charge is 0.495 e. The van der Waals surface area contributed by atoms with Gasteiger partial charge in [-0.1, -0.05) is 25.4 Å². The van der Waals surface area contributed by atoms with Crippen molar-refractivity contribution >= 4 is 29.0 Å². The fourth-order valence-corrected chi connectivity index (χ4v) is 2.20. The van der Waals surface area contributed by atoms with Gasteiger partial charge in [-0.05, 0) is 30.5 Å². The van der Waals surface area contributed by atoms with Crippen LogP contribution in [0.2, 0.25) is 5.02 Å². The van der Waals surface area contributed by atoms with Gasteiger partial charge in [0.2, 0.25) is 0 Å². The average molecular weight is 349 g/mol. The molecule has 0 unspecified atom stereocenters. The van der Waals surface area contributed by atoms with Gasteiger partial charge in [-0.25, -0.2) is 9.97 Å². The molecule has 7 heteroatoms. The molecule has 1 aromatic carbocycles. The number of aromatic nitrogens is 2. The first-order valence-corrected chi connectivity index (χ1v) is 8.08. The highest BCUT2D eigenvalue weighted by atomic mass is 35.5. The van der Waals surface area contributed by atoms with Crippen molar-refractivity contribution in [2.75, 3.05) is 19.0 Å². The maximum atomic E-state index is 12.1. The Kier molecular flexibility index (Phi) is 6.37. The van der Waals surface area contributed by atoms with E-state index < -0.39 is 0 Å². The minimum absolute atomic E-state index is 0.223. The summed E-state index contributed by atoms with van der Waals surface area (Å²) in [6.07, 6.45) is 2.26. The van der Waals surface area contributed by atoms with Crippen molar-refractivity contribution in [2.45, 2.75) is 20.3 Å². The van der Waals surface area contributed by atoms with Crippen LogP contribution in [0.1, 0.15) is 30.8 Å². The lowest BCUT2D eigenvalue weighted by Gasteiger charge is -2.11. The lowest BCUT2D eigenvalue weighted by atomic mass is 10.1. The third-order valence-corrected chi connectivity index (χ3v) is 3.57. The summed E-state index contributed by atoms with van der Waals surface area (Å²) in [5.41, 5.74) is 0.965. The van der Waals surface area contributed by atoms with Crippen molar-refractivity contribution in [1.29, 1.82) is 0 Å². The molecule has 0 fully saturated rings. The van der Waals surface area contributed by atoms with Crippen LogP contribution in [-0.4, -0.2) is 29.5 Å². The predicted octanol–water partition coefficient (Wildman–Crippen LogP) is 3.66. The summed E-state index contributed by atoms with van der Waals surface area (Å²) >= 11 is 6.01. The number of benzene rings is 1. The van der Waals surface area contributed by atoms with E-state index in [9.17, 15) is 4.79 Å². The molecule has 0 radical (unpaired) electrons. The number of carbonyl (C=O) groups is 1. The van der Waals surface area contributed by atoms with Crippen molar-refractivity contribution in [3.05, 3.63) is 41.3 Å². The lowest BCUT2D eigenvalue weighted by molar-refractivity contribution is 0.0947. The van der Waals surface area contributed by atoms with E-state index in [4.69, 9.17) is 16.3 Å². The minimum atomic E-state index is -0.223. The third kappa shape index (κ3) is 5.09. The fourth-order valence-electron chi connectivity index (χ4n) is 2.03. The Bertz CT molecular complexity index is 707. The van der Waals surface area contributed by atoms with E-state index in [1.165, 1.54) is 6.33 Å². The molecule has 0 aliphatic rings. The van der Waals surface area contributed by atoms with Crippen LogP contribution in [0.5, 0.6) is 5.75 Å². The molecule has 6 nitrogen and oxygen atoms in total. The van der Waals surface area contributed by atoms with E-state index in [1.807, 2.05) is 0 Å². The Labute approximate surface area is 146 Å². The molecule has 1 aromatic heterocycles. The fraction of sp³-hybridized carbons (Fsp3) is 0.353. The summed E-state index contributed by atoms with van der Waals surface area (Å²) in [5, 5.41) is 6.51. The Morgan fingerprint density at radius 1 is 1.29 bits per heavy atom. The molecule has 0 aliphatic heterocycles. The molecule has 2 rings (SSSR count). The zero-order chi connectivity index (χ0) is 17.5. The normalized spacial score (nSPS) is 10.5. The van der Waals surface area contributed by atoms with E-state index in [1.54, 1.807) is 31.4 Å². The Hall–Kier alpha value is -2.34. The SMILES string of the molecule is COc1ccc(Cl)cc1Nc1cc(C(=O)NCCC(C)C)ncn1. The molecule has 0 spiro atoms. The second-order valence-electron chi connectivity index (χ2n) is 5.70. The van der Waals surface area contributed by atoms with Gasteiger partial charge in [0.05, 0.1) is 12.8 Å². The molecule has 2 aromatic rings. The van der Waals surface area contributed by atoms with E-state index in [0.717, 1.165) is 6.42 Å². The van der Waals surface area contributed by atoms with Crippen LogP contribution < -0.4 is 15.4 Å². The van der Waals surface area contributed by atoms with Crippen LogP contribution >= 0.6 is 11.6 Å². The van der Waals surface area contributed by atoms with Crippen molar-refractivity contribution in [3.8, 4) is 5.75 Å². The molecule has 0 bridgehead atoms. The van der Waals surface area contributed by atoms with Crippen molar-refractivity contribution in [3.63, 3.8) is 0 Å². The first-order chi connectivity index (χ1) is 11.5. The van der Waals surface area contributed by atoms with E-state index in [2.05, 4.69) is 34.4 Å². The molecule has 0 saturated carbocycles. The molecule has 1 amide bonds. The number of hydrogen-bond acceptors (Lipinski definition) is 5. The van der Waals surface area contributed by atoms with Gasteiger partial charge < -0.3 is 15.4 Å². The summed E-state index contributed by atoms with van der Waals surface area (Å²) in [4.78, 5) is 20.3. The zero-order valence-corrected chi connectivity index (χ0v) is 14.7. The number of methoxy groups -OCH3 is 1. The molecular weight excluding hydrogens is 328 g/mol. The smallest absolute Gasteiger partial charge is 0.270 e. The minimum Gasteiger partial charge on any atom is -0.495 e. The second kappa shape index (κ2) is 8.49. The highest BCUT2D eigenvalue weighted by Gasteiger charge is 2.10. The number of carbonyl (C=O) groups excluding carboxylic acids is 1. The van der Waals surface area contributed by atoms with Gasteiger partial charge in [-0.15, -0.1) is 0 Å². The van der Waals surface area contributed by atoms with Crippen LogP contribution in [-0.2, 0) is 0 Å². The number of hydrogen-bond donors (Lipinski definition) is 2. The van der Waals surface area contributed by atoms with Gasteiger partial charge in [0.25, 0.3) is 5.91 Å². The number of anilines is 2. The van der Waals surface area contributed by atoms with Crippen LogP contribution in [0, 0.1) is 5.92 Å². The highest BCUT2D eigenvalue weighted by Crippen LogP contribution is 2.29. The molecule has 0 aliphatic carbocycles. The molecule has 0 atom stereocenters. The highest BCUT2D eigenvalue weighted by molar-refractivity contribution is 6.31. The van der Waals surface area contributed by atoms with Gasteiger partial charge >= 0.3 is 0 Å². The van der Waals surface area contributed by atoms with Gasteiger partial charge in [-0.3, -0.25) is 4.79 Å². The van der Waals surface area contributed by atoms with Crippen LogP contribution in [0.25, 0.3) is 0 Å². The van der Waals surface area contributed by atoms with Crippen LogP contribution in [0.3, 0.4) is 0 Å². The third-order valence-electron chi connectivity index (χ3n) is 3.33. The average Bonchev–Trinajstić information content (AvgIpc) is 2.55. The zero-order valence-electron chi connectivity index (χ0n) is 14.0. The predicted molar refractivity (Wildman–Crippen MR) is 95.1 cm³/mol. The quantitative estimate of drug-likeness (QED) is 0.798. The van der Waals surface area contributed by atoms with Gasteiger partial charge in [0.1, 0.15) is 23.6 Å². The van der Waals surface area contributed by atoms with E-state index in [0.29, 0.717) is 40.4 Å². The van der Waals surface area contributed by atoms with Gasteiger partial charge in [-0.2, -0.15) is 0 Å². The second-order valence-corrected chi connectivity index (χ2v) is 6.13. The summed E-state index contributed by atoms with van der Waals surface area (Å²) in [5.74, 6) is 1.42. The number of amides is 1. The Balaban J connectivity index is 2.10. The topological polar surface area (TPSA) is 76.1 Å². The number of ether oxygens (including phenoxy) is 1. The number of nitrogens with one attached hydrogen (secondary N) is 2. The molecule has 128 valence electrons. The number of nitrogens with zero attached hydrogens (tertiary/aromatic N) is 2. The van der Waals surface area contributed by atoms with Crippen molar-refractivity contribution in [2.24, 2.45) is 5.92 Å².